The van der Waals surface area contributed by atoms with E-state index in [-0.39, 0.29) is 5.97 Å². The van der Waals surface area contributed by atoms with Crippen molar-refractivity contribution in [1.82, 2.24) is 14.7 Å². The maximum absolute atomic E-state index is 11.7. The van der Waals surface area contributed by atoms with Gasteiger partial charge in [0.2, 0.25) is 0 Å². The van der Waals surface area contributed by atoms with E-state index in [1.54, 1.807) is 19.2 Å². The predicted octanol–water partition coefficient (Wildman–Crippen LogP) is 3.25. The van der Waals surface area contributed by atoms with Crippen LogP contribution in [0.15, 0.2) is 48.5 Å². The minimum atomic E-state index is -0.336. The van der Waals surface area contributed by atoms with Gasteiger partial charge in [-0.15, -0.1) is 0 Å². The zero-order valence-electron chi connectivity index (χ0n) is 17.0. The molecule has 6 heteroatoms. The second-order valence-corrected chi connectivity index (χ2v) is 7.30. The van der Waals surface area contributed by atoms with Gasteiger partial charge in [-0.1, -0.05) is 18.2 Å². The number of ether oxygens (including phenoxy) is 2. The first kappa shape index (κ1) is 19.2. The SMILES string of the molecule is COC(=O)c1ccc(-n2nc(Cc3ccccc3OC)c3c2CCN(C)C3)cc1. The molecule has 150 valence electrons. The standard InChI is InChI=1S/C23H25N3O3/c1-25-13-12-21-19(15-25)20(14-17-6-4-5-7-22(17)28-2)24-26(21)18-10-8-16(9-11-18)23(27)29-3/h4-11H,12-15H2,1-3H3. The number of hydrogen-bond donors (Lipinski definition) is 0. The Labute approximate surface area is 170 Å². The molecule has 0 atom stereocenters. The molecule has 0 bridgehead atoms. The number of hydrogen-bond acceptors (Lipinski definition) is 5. The Morgan fingerprint density at radius 1 is 1.10 bits per heavy atom. The zero-order valence-corrected chi connectivity index (χ0v) is 17.0. The Kier molecular flexibility index (Phi) is 5.36. The lowest BCUT2D eigenvalue weighted by Crippen LogP contribution is -2.27. The van der Waals surface area contributed by atoms with Crippen LogP contribution in [0.25, 0.3) is 5.69 Å². The minimum absolute atomic E-state index is 0.336. The molecule has 0 fully saturated rings. The second-order valence-electron chi connectivity index (χ2n) is 7.30. The Balaban J connectivity index is 1.74. The van der Waals surface area contributed by atoms with Gasteiger partial charge in [-0.2, -0.15) is 5.10 Å². The van der Waals surface area contributed by atoms with E-state index in [1.165, 1.54) is 18.4 Å². The van der Waals surface area contributed by atoms with Gasteiger partial charge in [0, 0.05) is 37.1 Å². The van der Waals surface area contributed by atoms with Crippen molar-refractivity contribution >= 4 is 5.97 Å². The summed E-state index contributed by atoms with van der Waals surface area (Å²) in [4.78, 5) is 14.1. The van der Waals surface area contributed by atoms with Crippen molar-refractivity contribution < 1.29 is 14.3 Å². The van der Waals surface area contributed by atoms with Gasteiger partial charge in [0.05, 0.1) is 36.9 Å². The van der Waals surface area contributed by atoms with Crippen LogP contribution in [0.3, 0.4) is 0 Å². The Morgan fingerprint density at radius 2 is 1.86 bits per heavy atom. The van der Waals surface area contributed by atoms with Crippen LogP contribution in [-0.2, 0) is 24.1 Å². The summed E-state index contributed by atoms with van der Waals surface area (Å²) in [7, 11) is 5.22. The average molecular weight is 391 g/mol. The van der Waals surface area contributed by atoms with Crippen molar-refractivity contribution in [1.29, 1.82) is 0 Å². The van der Waals surface area contributed by atoms with E-state index in [1.807, 2.05) is 35.0 Å². The summed E-state index contributed by atoms with van der Waals surface area (Å²) in [6.07, 6.45) is 1.65. The maximum atomic E-state index is 11.7. The number of para-hydroxylation sites is 1. The summed E-state index contributed by atoms with van der Waals surface area (Å²) in [5.41, 5.74) is 6.18. The number of carbonyl (C=O) groups excluding carboxylic acids is 1. The smallest absolute Gasteiger partial charge is 0.337 e. The van der Waals surface area contributed by atoms with Crippen molar-refractivity contribution in [2.75, 3.05) is 27.8 Å². The number of fused-ring (bicyclic) bond motifs is 1. The molecule has 0 saturated heterocycles. The molecule has 2 heterocycles. The van der Waals surface area contributed by atoms with Crippen LogP contribution in [0.5, 0.6) is 5.75 Å². The highest BCUT2D eigenvalue weighted by Gasteiger charge is 2.24. The molecule has 0 amide bonds. The monoisotopic (exact) mass is 391 g/mol. The van der Waals surface area contributed by atoms with E-state index >= 15 is 0 Å². The second kappa shape index (κ2) is 8.09. The number of benzene rings is 2. The summed E-state index contributed by atoms with van der Waals surface area (Å²) >= 11 is 0. The topological polar surface area (TPSA) is 56.6 Å². The van der Waals surface area contributed by atoms with Crippen LogP contribution >= 0.6 is 0 Å². The molecular formula is C23H25N3O3. The molecule has 0 saturated carbocycles. The average Bonchev–Trinajstić information content (AvgIpc) is 3.11. The molecule has 6 nitrogen and oxygen atoms in total. The summed E-state index contributed by atoms with van der Waals surface area (Å²) in [6.45, 7) is 1.87. The van der Waals surface area contributed by atoms with Gasteiger partial charge in [-0.25, -0.2) is 9.48 Å². The number of rotatable bonds is 5. The fraction of sp³-hybridized carbons (Fsp3) is 0.304. The van der Waals surface area contributed by atoms with Crippen molar-refractivity contribution in [2.24, 2.45) is 0 Å². The molecule has 1 aliphatic heterocycles. The lowest BCUT2D eigenvalue weighted by atomic mass is 10.0. The molecule has 29 heavy (non-hydrogen) atoms. The summed E-state index contributed by atoms with van der Waals surface area (Å²) < 4.78 is 12.4. The number of likely N-dealkylation sites (N-methyl/N-ethyl adjacent to an activating group) is 1. The van der Waals surface area contributed by atoms with Crippen LogP contribution in [0.4, 0.5) is 0 Å². The third-order valence-corrected chi connectivity index (χ3v) is 5.41. The minimum Gasteiger partial charge on any atom is -0.496 e. The summed E-state index contributed by atoms with van der Waals surface area (Å²) in [6, 6.07) is 15.5. The molecule has 0 N–H and O–H groups in total. The Morgan fingerprint density at radius 3 is 2.59 bits per heavy atom. The van der Waals surface area contributed by atoms with Crippen molar-refractivity contribution in [3.8, 4) is 11.4 Å². The molecule has 0 aliphatic carbocycles. The Hall–Kier alpha value is -3.12. The van der Waals surface area contributed by atoms with E-state index in [0.717, 1.165) is 42.2 Å². The number of aromatic nitrogens is 2. The molecule has 0 unspecified atom stereocenters. The highest BCUT2D eigenvalue weighted by molar-refractivity contribution is 5.89. The van der Waals surface area contributed by atoms with E-state index in [0.29, 0.717) is 12.0 Å². The maximum Gasteiger partial charge on any atom is 0.337 e. The quantitative estimate of drug-likeness (QED) is 0.625. The van der Waals surface area contributed by atoms with E-state index < -0.39 is 0 Å². The third-order valence-electron chi connectivity index (χ3n) is 5.41. The highest BCUT2D eigenvalue weighted by atomic mass is 16.5. The largest absolute Gasteiger partial charge is 0.496 e. The molecule has 0 spiro atoms. The fourth-order valence-corrected chi connectivity index (χ4v) is 3.86. The third kappa shape index (κ3) is 3.76. The van der Waals surface area contributed by atoms with Gasteiger partial charge < -0.3 is 14.4 Å². The first-order valence-corrected chi connectivity index (χ1v) is 9.69. The first-order valence-electron chi connectivity index (χ1n) is 9.69. The van der Waals surface area contributed by atoms with Crippen LogP contribution in [-0.4, -0.2) is 48.5 Å². The van der Waals surface area contributed by atoms with Crippen LogP contribution in [0.1, 0.15) is 32.9 Å². The van der Waals surface area contributed by atoms with Crippen LogP contribution in [0.2, 0.25) is 0 Å². The summed E-state index contributed by atoms with van der Waals surface area (Å²) in [5, 5.41) is 4.98. The molecule has 1 aliphatic rings. The number of carbonyl (C=O) groups is 1. The van der Waals surface area contributed by atoms with Gasteiger partial charge in [0.25, 0.3) is 0 Å². The fourth-order valence-electron chi connectivity index (χ4n) is 3.86. The van der Waals surface area contributed by atoms with Crippen molar-refractivity contribution in [2.45, 2.75) is 19.4 Å². The Bertz CT molecular complexity index is 1020. The predicted molar refractivity (Wildman–Crippen MR) is 111 cm³/mol. The molecule has 2 aromatic carbocycles. The molecule has 1 aromatic heterocycles. The number of nitrogens with zero attached hydrogens (tertiary/aromatic N) is 3. The molecular weight excluding hydrogens is 366 g/mol. The van der Waals surface area contributed by atoms with Gasteiger partial charge in [-0.3, -0.25) is 0 Å². The highest BCUT2D eigenvalue weighted by Crippen LogP contribution is 2.29. The lowest BCUT2D eigenvalue weighted by molar-refractivity contribution is 0.0600. The van der Waals surface area contributed by atoms with Gasteiger partial charge >= 0.3 is 5.97 Å². The van der Waals surface area contributed by atoms with E-state index in [4.69, 9.17) is 14.6 Å². The van der Waals surface area contributed by atoms with Gasteiger partial charge in [0.1, 0.15) is 5.75 Å². The number of esters is 1. The van der Waals surface area contributed by atoms with Crippen molar-refractivity contribution in [3.63, 3.8) is 0 Å². The first-order chi connectivity index (χ1) is 14.1. The molecule has 0 radical (unpaired) electrons. The van der Waals surface area contributed by atoms with E-state index in [2.05, 4.69) is 18.0 Å². The number of methoxy groups -OCH3 is 2. The van der Waals surface area contributed by atoms with Gasteiger partial charge in [0.15, 0.2) is 0 Å². The summed E-state index contributed by atoms with van der Waals surface area (Å²) in [5.74, 6) is 0.542. The van der Waals surface area contributed by atoms with Gasteiger partial charge in [-0.05, 0) is 37.4 Å². The molecule has 4 rings (SSSR count). The zero-order chi connectivity index (χ0) is 20.4. The van der Waals surface area contributed by atoms with Crippen LogP contribution < -0.4 is 4.74 Å². The lowest BCUT2D eigenvalue weighted by Gasteiger charge is -2.23. The van der Waals surface area contributed by atoms with Crippen molar-refractivity contribution in [3.05, 3.63) is 76.6 Å². The molecule has 3 aromatic rings. The van der Waals surface area contributed by atoms with E-state index in [9.17, 15) is 4.79 Å². The van der Waals surface area contributed by atoms with Crippen LogP contribution in [0, 0.1) is 0 Å². The normalized spacial score (nSPS) is 13.8.